The SMILES string of the molecule is Cc1nc(C)n(C2CCCN(C(=O)c3ccc(C4CCC4)cc3C)C2)n1. The van der Waals surface area contributed by atoms with E-state index in [1.54, 1.807) is 0 Å². The first-order valence-electron chi connectivity index (χ1n) is 9.82. The molecule has 4 rings (SSSR count). The van der Waals surface area contributed by atoms with Gasteiger partial charge in [0.1, 0.15) is 11.6 Å². The van der Waals surface area contributed by atoms with Crippen molar-refractivity contribution in [2.24, 2.45) is 0 Å². The highest BCUT2D eigenvalue weighted by atomic mass is 16.2. The summed E-state index contributed by atoms with van der Waals surface area (Å²) in [6, 6.07) is 6.66. The molecule has 2 aromatic rings. The van der Waals surface area contributed by atoms with Gasteiger partial charge in [-0.15, -0.1) is 0 Å². The van der Waals surface area contributed by atoms with Crippen LogP contribution >= 0.6 is 0 Å². The first-order valence-corrected chi connectivity index (χ1v) is 9.82. The molecule has 1 saturated heterocycles. The number of carbonyl (C=O) groups excluding carboxylic acids is 1. The molecule has 1 aliphatic carbocycles. The Labute approximate surface area is 155 Å². The normalized spacial score (nSPS) is 20.9. The first-order chi connectivity index (χ1) is 12.5. The molecule has 5 heteroatoms. The molecule has 0 spiro atoms. The Balaban J connectivity index is 1.51. The van der Waals surface area contributed by atoms with Gasteiger partial charge in [0.25, 0.3) is 5.91 Å². The zero-order valence-electron chi connectivity index (χ0n) is 16.0. The van der Waals surface area contributed by atoms with Crippen LogP contribution in [0.15, 0.2) is 18.2 Å². The predicted molar refractivity (Wildman–Crippen MR) is 101 cm³/mol. The average Bonchev–Trinajstić information content (AvgIpc) is 2.91. The van der Waals surface area contributed by atoms with Gasteiger partial charge in [0.2, 0.25) is 0 Å². The lowest BCUT2D eigenvalue weighted by Gasteiger charge is -2.33. The Bertz CT molecular complexity index is 821. The Hall–Kier alpha value is -2.17. The molecule has 5 nitrogen and oxygen atoms in total. The number of carbonyl (C=O) groups is 1. The number of hydrogen-bond donors (Lipinski definition) is 0. The minimum Gasteiger partial charge on any atom is -0.336 e. The molecule has 0 N–H and O–H groups in total. The lowest BCUT2D eigenvalue weighted by Crippen LogP contribution is -2.41. The third kappa shape index (κ3) is 3.15. The summed E-state index contributed by atoms with van der Waals surface area (Å²) in [5, 5.41) is 4.53. The molecule has 0 bridgehead atoms. The van der Waals surface area contributed by atoms with E-state index in [9.17, 15) is 4.79 Å². The van der Waals surface area contributed by atoms with E-state index in [1.165, 1.54) is 24.8 Å². The summed E-state index contributed by atoms with van der Waals surface area (Å²) in [4.78, 5) is 19.5. The van der Waals surface area contributed by atoms with Gasteiger partial charge in [-0.05, 0) is 69.6 Å². The van der Waals surface area contributed by atoms with Crippen LogP contribution in [0.5, 0.6) is 0 Å². The molecule has 138 valence electrons. The van der Waals surface area contributed by atoms with Gasteiger partial charge in [-0.2, -0.15) is 5.10 Å². The summed E-state index contributed by atoms with van der Waals surface area (Å²) >= 11 is 0. The Kier molecular flexibility index (Phi) is 4.55. The standard InChI is InChI=1S/C21H28N4O/c1-14-12-18(17-6-4-7-17)9-10-20(14)21(26)24-11-5-8-19(13-24)25-16(3)22-15(2)23-25/h9-10,12,17,19H,4-8,11,13H2,1-3H3. The van der Waals surface area contributed by atoms with Crippen LogP contribution in [-0.4, -0.2) is 38.7 Å². The van der Waals surface area contributed by atoms with Crippen molar-refractivity contribution in [1.82, 2.24) is 19.7 Å². The monoisotopic (exact) mass is 352 g/mol. The van der Waals surface area contributed by atoms with Crippen molar-refractivity contribution in [3.63, 3.8) is 0 Å². The Morgan fingerprint density at radius 1 is 1.12 bits per heavy atom. The van der Waals surface area contributed by atoms with Gasteiger partial charge in [0.15, 0.2) is 0 Å². The molecule has 1 atom stereocenters. The molecule has 2 fully saturated rings. The lowest BCUT2D eigenvalue weighted by molar-refractivity contribution is 0.0670. The fraction of sp³-hybridized carbons (Fsp3) is 0.571. The molecule has 1 aromatic carbocycles. The van der Waals surface area contributed by atoms with Crippen molar-refractivity contribution in [2.45, 2.75) is 64.8 Å². The van der Waals surface area contributed by atoms with Crippen LogP contribution in [0.4, 0.5) is 0 Å². The summed E-state index contributed by atoms with van der Waals surface area (Å²) < 4.78 is 2.00. The van der Waals surface area contributed by atoms with Crippen LogP contribution in [0, 0.1) is 20.8 Å². The molecule has 0 radical (unpaired) electrons. The molecule has 2 aliphatic rings. The minimum absolute atomic E-state index is 0.154. The molecular formula is C21H28N4O. The third-order valence-electron chi connectivity index (χ3n) is 5.99. The number of hydrogen-bond acceptors (Lipinski definition) is 3. The van der Waals surface area contributed by atoms with Crippen molar-refractivity contribution in [3.05, 3.63) is 46.5 Å². The van der Waals surface area contributed by atoms with Crippen LogP contribution in [0.2, 0.25) is 0 Å². The van der Waals surface area contributed by atoms with E-state index in [2.05, 4.69) is 29.1 Å². The highest BCUT2D eigenvalue weighted by Crippen LogP contribution is 2.37. The summed E-state index contributed by atoms with van der Waals surface area (Å²) in [7, 11) is 0. The van der Waals surface area contributed by atoms with Gasteiger partial charge < -0.3 is 4.90 Å². The molecule has 1 amide bonds. The van der Waals surface area contributed by atoms with Crippen molar-refractivity contribution >= 4 is 5.91 Å². The smallest absolute Gasteiger partial charge is 0.254 e. The molecule has 1 unspecified atom stereocenters. The van der Waals surface area contributed by atoms with Crippen LogP contribution in [0.1, 0.15) is 77.2 Å². The van der Waals surface area contributed by atoms with Crippen LogP contribution < -0.4 is 0 Å². The maximum absolute atomic E-state index is 13.1. The predicted octanol–water partition coefficient (Wildman–Crippen LogP) is 3.95. The zero-order valence-corrected chi connectivity index (χ0v) is 16.0. The largest absolute Gasteiger partial charge is 0.336 e. The summed E-state index contributed by atoms with van der Waals surface area (Å²) in [6.45, 7) is 7.52. The van der Waals surface area contributed by atoms with E-state index >= 15 is 0 Å². The average molecular weight is 352 g/mol. The highest BCUT2D eigenvalue weighted by Gasteiger charge is 2.28. The quantitative estimate of drug-likeness (QED) is 0.840. The lowest BCUT2D eigenvalue weighted by atomic mass is 9.79. The van der Waals surface area contributed by atoms with Crippen LogP contribution in [-0.2, 0) is 0 Å². The summed E-state index contributed by atoms with van der Waals surface area (Å²) in [6.07, 6.45) is 5.97. The minimum atomic E-state index is 0.154. The van der Waals surface area contributed by atoms with Crippen molar-refractivity contribution in [2.75, 3.05) is 13.1 Å². The van der Waals surface area contributed by atoms with Crippen molar-refractivity contribution < 1.29 is 4.79 Å². The maximum Gasteiger partial charge on any atom is 0.254 e. The summed E-state index contributed by atoms with van der Waals surface area (Å²) in [5.74, 6) is 2.59. The van der Waals surface area contributed by atoms with Gasteiger partial charge in [-0.25, -0.2) is 9.67 Å². The number of benzene rings is 1. The number of amides is 1. The fourth-order valence-electron chi connectivity index (χ4n) is 4.31. The number of rotatable bonds is 3. The molecular weight excluding hydrogens is 324 g/mol. The zero-order chi connectivity index (χ0) is 18.3. The molecule has 1 saturated carbocycles. The molecule has 1 aromatic heterocycles. The number of aromatic nitrogens is 3. The topological polar surface area (TPSA) is 51.0 Å². The Morgan fingerprint density at radius 3 is 2.54 bits per heavy atom. The molecule has 1 aliphatic heterocycles. The van der Waals surface area contributed by atoms with Gasteiger partial charge in [-0.1, -0.05) is 18.6 Å². The fourth-order valence-corrected chi connectivity index (χ4v) is 4.31. The maximum atomic E-state index is 13.1. The van der Waals surface area contributed by atoms with Gasteiger partial charge in [0.05, 0.1) is 6.04 Å². The van der Waals surface area contributed by atoms with E-state index in [4.69, 9.17) is 0 Å². The van der Waals surface area contributed by atoms with E-state index < -0.39 is 0 Å². The highest BCUT2D eigenvalue weighted by molar-refractivity contribution is 5.95. The second kappa shape index (κ2) is 6.86. The van der Waals surface area contributed by atoms with Gasteiger partial charge in [0, 0.05) is 18.7 Å². The number of aryl methyl sites for hydroxylation is 3. The van der Waals surface area contributed by atoms with Crippen molar-refractivity contribution in [3.8, 4) is 0 Å². The second-order valence-corrected chi connectivity index (χ2v) is 7.90. The molecule has 26 heavy (non-hydrogen) atoms. The van der Waals surface area contributed by atoms with E-state index in [0.717, 1.165) is 42.2 Å². The first kappa shape index (κ1) is 17.3. The van der Waals surface area contributed by atoms with Gasteiger partial charge >= 0.3 is 0 Å². The van der Waals surface area contributed by atoms with E-state index in [1.807, 2.05) is 29.5 Å². The Morgan fingerprint density at radius 2 is 1.92 bits per heavy atom. The number of likely N-dealkylation sites (tertiary alicyclic amines) is 1. The summed E-state index contributed by atoms with van der Waals surface area (Å²) in [5.41, 5.74) is 3.35. The van der Waals surface area contributed by atoms with E-state index in [-0.39, 0.29) is 11.9 Å². The number of piperidine rings is 1. The number of nitrogens with zero attached hydrogens (tertiary/aromatic N) is 4. The van der Waals surface area contributed by atoms with Crippen LogP contribution in [0.3, 0.4) is 0 Å². The van der Waals surface area contributed by atoms with E-state index in [0.29, 0.717) is 12.5 Å². The van der Waals surface area contributed by atoms with Crippen molar-refractivity contribution in [1.29, 1.82) is 0 Å². The van der Waals surface area contributed by atoms with Crippen LogP contribution in [0.25, 0.3) is 0 Å². The molecule has 2 heterocycles. The second-order valence-electron chi connectivity index (χ2n) is 7.90. The third-order valence-corrected chi connectivity index (χ3v) is 5.99. The van der Waals surface area contributed by atoms with Gasteiger partial charge in [-0.3, -0.25) is 4.79 Å².